The molecule has 4 unspecified atom stereocenters. The highest BCUT2D eigenvalue weighted by atomic mass is 19.4. The van der Waals surface area contributed by atoms with Gasteiger partial charge < -0.3 is 67.0 Å². The fraction of sp³-hybridized carbons (Fsp3) is 0.537. The average Bonchev–Trinajstić information content (AvgIpc) is 0.715. The van der Waals surface area contributed by atoms with E-state index in [4.69, 9.17) is 14.2 Å². The molecule has 12 rings (SSSR count). The van der Waals surface area contributed by atoms with Crippen LogP contribution in [0, 0.1) is 44.3 Å². The maximum atomic E-state index is 14.4. The molecule has 27 nitrogen and oxygen atoms in total. The van der Waals surface area contributed by atoms with E-state index in [0.717, 1.165) is 55.3 Å². The fourth-order valence-corrected chi connectivity index (χ4v) is 14.1. The maximum absolute atomic E-state index is 14.4. The highest BCUT2D eigenvalue weighted by Gasteiger charge is 2.59. The summed E-state index contributed by atoms with van der Waals surface area (Å²) in [7, 11) is 3.07. The number of nitrogens with zero attached hydrogens (tertiary/aromatic N) is 14. The minimum Gasteiger partial charge on any atom is -0.471 e. The van der Waals surface area contributed by atoms with Gasteiger partial charge in [0.05, 0.1) is 53.1 Å². The van der Waals surface area contributed by atoms with Crippen molar-refractivity contribution in [2.45, 2.75) is 241 Å². The first-order valence-corrected chi connectivity index (χ1v) is 38.3. The second-order valence-electron chi connectivity index (χ2n) is 32.6. The molecule has 0 bridgehead atoms. The van der Waals surface area contributed by atoms with E-state index < -0.39 is 99.8 Å². The van der Waals surface area contributed by atoms with E-state index in [9.17, 15) is 86.6 Å². The highest BCUT2D eigenvalue weighted by Crippen LogP contribution is 2.54. The molecular weight excluding hydrogens is 1660 g/mol. The third kappa shape index (κ3) is 24.7. The summed E-state index contributed by atoms with van der Waals surface area (Å²) < 4.78 is 215. The number of ether oxygens (including phenoxy) is 3. The molecule has 4 saturated carbocycles. The molecule has 0 saturated heterocycles. The Balaban J connectivity index is 0.000000226. The predicted octanol–water partition coefficient (Wildman–Crippen LogP) is 17.6. The predicted molar refractivity (Wildman–Crippen MR) is 434 cm³/mol. The van der Waals surface area contributed by atoms with Gasteiger partial charge in [-0.3, -0.25) is 15.0 Å². The van der Waals surface area contributed by atoms with Crippen molar-refractivity contribution in [1.29, 1.82) is 10.5 Å². The van der Waals surface area contributed by atoms with Gasteiger partial charge in [-0.2, -0.15) is 83.1 Å². The number of methoxy groups -OCH3 is 2. The summed E-state index contributed by atoms with van der Waals surface area (Å²) >= 11 is 0. The smallest absolute Gasteiger partial charge is 0.421 e. The number of aromatic nitrogens is 12. The number of alkyl halides is 15. The van der Waals surface area contributed by atoms with Crippen LogP contribution in [0.1, 0.15) is 191 Å². The van der Waals surface area contributed by atoms with Crippen molar-refractivity contribution in [2.75, 3.05) is 63.4 Å². The standard InChI is InChI=1S/C22H29FN6O.C20H23F6N5O.C19H21F6N5O.C19H22F2N6O2.2CH4/c1-21(2)10-16(7-8-17(21)30)28-19-15(11-24)13-27-20(29-19)26-12-14-6-5-9-25-18(14)22(3,4)23;1-17(2)14(7-18(17,3)32-4)30-15-13(20(24,25)26)10-29-16(31-15)28-9-11-8-27-6-5-12(11)19(21,22)23;1-17(2)13(6-14(17)31-3)29-15-12(19(23,24)25)9-28-16(30-15)27-8-10-7-26-5-4-11(10)18(20,21)22;1-19(2)13(6-14(19)28)26-16-12(7-22)9-25-18(27-16)24-8-11-4-3-5-23-17(11)29-10-15(20)21;;/h5-6,9,13,16-17,30H,7-8,10,12H2,1-4H3,(H2,26,27,28,29);5-6,8,10,14H,7,9H2,1-4H3,(H2,28,29,30,31);4-5,7,9,13-14H,6,8H2,1-3H3,(H2,27,28,29,30);3-5,9,13-15,28H,6,8,10H2,1-2H3,(H2,24,25,26,27);2*1H4/t16-,17+;;;13-,14+;;/m1..1../s1. The lowest BCUT2D eigenvalue weighted by molar-refractivity contribution is -0.166. The Hall–Kier alpha value is -11.1. The molecule has 8 aromatic heterocycles. The van der Waals surface area contributed by atoms with Crippen LogP contribution in [-0.4, -0.2) is 145 Å². The van der Waals surface area contributed by atoms with Gasteiger partial charge in [0.1, 0.15) is 63.3 Å². The zero-order valence-electron chi connectivity index (χ0n) is 68.7. The molecule has 8 atom stereocenters. The summed E-state index contributed by atoms with van der Waals surface area (Å²) in [6.07, 6.45) is -7.12. The van der Waals surface area contributed by atoms with Crippen LogP contribution in [0.4, 0.5) is 113 Å². The summed E-state index contributed by atoms with van der Waals surface area (Å²) in [6, 6.07) is 12.1. The Morgan fingerprint density at radius 3 is 1.33 bits per heavy atom. The number of nitrogens with one attached hydrogen (secondary N) is 8. The van der Waals surface area contributed by atoms with E-state index in [1.165, 1.54) is 39.5 Å². The molecule has 0 spiro atoms. The summed E-state index contributed by atoms with van der Waals surface area (Å²) in [5.74, 6) is 0.161. The lowest BCUT2D eigenvalue weighted by Crippen LogP contribution is -2.65. The average molecular weight is 1760 g/mol. The third-order valence-corrected chi connectivity index (χ3v) is 22.5. The molecule has 4 fully saturated rings. The summed E-state index contributed by atoms with van der Waals surface area (Å²) in [4.78, 5) is 47.7. The van der Waals surface area contributed by atoms with Crippen molar-refractivity contribution in [3.05, 3.63) is 160 Å². The molecule has 676 valence electrons. The van der Waals surface area contributed by atoms with Crippen LogP contribution in [0.2, 0.25) is 0 Å². The largest absolute Gasteiger partial charge is 0.471 e. The van der Waals surface area contributed by atoms with E-state index in [1.54, 1.807) is 31.5 Å². The minimum atomic E-state index is -4.72. The third-order valence-electron chi connectivity index (χ3n) is 22.5. The number of hydrogen-bond acceptors (Lipinski definition) is 27. The van der Waals surface area contributed by atoms with E-state index in [-0.39, 0.29) is 122 Å². The second-order valence-corrected chi connectivity index (χ2v) is 32.6. The van der Waals surface area contributed by atoms with Gasteiger partial charge in [0.2, 0.25) is 29.7 Å². The Labute approximate surface area is 708 Å². The molecule has 42 heteroatoms. The number of nitriles is 2. The molecule has 4 aliphatic rings. The molecule has 10 N–H and O–H groups in total. The van der Waals surface area contributed by atoms with E-state index in [0.29, 0.717) is 79.0 Å². The molecule has 0 radical (unpaired) electrons. The van der Waals surface area contributed by atoms with Crippen LogP contribution in [0.15, 0.2) is 98.4 Å². The minimum absolute atomic E-state index is 0. The van der Waals surface area contributed by atoms with Gasteiger partial charge in [-0.15, -0.1) is 0 Å². The normalized spacial score (nSPS) is 20.8. The monoisotopic (exact) mass is 1760 g/mol. The van der Waals surface area contributed by atoms with Gasteiger partial charge in [0, 0.05) is 147 Å². The van der Waals surface area contributed by atoms with Crippen LogP contribution < -0.4 is 47.3 Å². The number of hydrogen-bond donors (Lipinski definition) is 10. The van der Waals surface area contributed by atoms with Gasteiger partial charge in [-0.1, -0.05) is 82.4 Å². The number of anilines is 8. The second kappa shape index (κ2) is 40.2. The van der Waals surface area contributed by atoms with E-state index >= 15 is 0 Å². The molecule has 8 aromatic rings. The van der Waals surface area contributed by atoms with Crippen LogP contribution in [0.5, 0.6) is 5.88 Å². The van der Waals surface area contributed by atoms with Gasteiger partial charge in [0.15, 0.2) is 6.61 Å². The fourth-order valence-electron chi connectivity index (χ4n) is 14.1. The van der Waals surface area contributed by atoms with Crippen molar-refractivity contribution in [1.82, 2.24) is 59.8 Å². The molecule has 8 heterocycles. The highest BCUT2D eigenvalue weighted by molar-refractivity contribution is 5.57. The quantitative estimate of drug-likeness (QED) is 0.0225. The van der Waals surface area contributed by atoms with Crippen molar-refractivity contribution >= 4 is 47.1 Å². The van der Waals surface area contributed by atoms with Crippen molar-refractivity contribution in [3.63, 3.8) is 0 Å². The molecule has 4 aliphatic carbocycles. The van der Waals surface area contributed by atoms with Gasteiger partial charge >= 0.3 is 24.7 Å². The van der Waals surface area contributed by atoms with Gasteiger partial charge in [-0.05, 0) is 94.5 Å². The van der Waals surface area contributed by atoms with Crippen LogP contribution in [0.3, 0.4) is 0 Å². The Bertz CT molecular complexity index is 4970. The zero-order valence-corrected chi connectivity index (χ0v) is 68.7. The van der Waals surface area contributed by atoms with Crippen molar-refractivity contribution in [2.24, 2.45) is 21.7 Å². The Morgan fingerprint density at radius 1 is 0.484 bits per heavy atom. The first-order chi connectivity index (χ1) is 56.9. The summed E-state index contributed by atoms with van der Waals surface area (Å²) in [6.45, 7) is 19.3. The van der Waals surface area contributed by atoms with Gasteiger partial charge in [0.25, 0.3) is 6.43 Å². The molecule has 0 aromatic carbocycles. The topological polar surface area (TPSA) is 367 Å². The molecule has 0 aliphatic heterocycles. The first kappa shape index (κ1) is 100.0. The first-order valence-electron chi connectivity index (χ1n) is 38.3. The van der Waals surface area contributed by atoms with Crippen LogP contribution in [0.25, 0.3) is 0 Å². The molecule has 124 heavy (non-hydrogen) atoms. The number of pyridine rings is 4. The lowest BCUT2D eigenvalue weighted by atomic mass is 9.56. The Morgan fingerprint density at radius 2 is 0.911 bits per heavy atom. The van der Waals surface area contributed by atoms with Gasteiger partial charge in [-0.25, -0.2) is 38.1 Å². The van der Waals surface area contributed by atoms with Crippen LogP contribution >= 0.6 is 0 Å². The van der Waals surface area contributed by atoms with E-state index in [2.05, 4.69) is 108 Å². The lowest BCUT2D eigenvalue weighted by Gasteiger charge is -2.59. The number of aliphatic hydroxyl groups is 2. The number of halogens is 15. The zero-order chi connectivity index (χ0) is 89.9. The molecule has 0 amide bonds. The maximum Gasteiger partial charge on any atom is 0.421 e. The summed E-state index contributed by atoms with van der Waals surface area (Å²) in [5.41, 5.74) is -5.56. The summed E-state index contributed by atoms with van der Waals surface area (Å²) in [5, 5.41) is 62.2. The number of aliphatic hydroxyl groups excluding tert-OH is 2. The van der Waals surface area contributed by atoms with Crippen LogP contribution in [-0.2, 0) is 66.0 Å². The molecular formula is C82H103F15N22O5. The SMILES string of the molecule is C.C.CC(C)(F)c1ncccc1CNc1ncc(C#N)c(N[C@@H]2CC[C@H](O)C(C)(C)C2)n1.CC1(C)[C@@H](O)C[C@H]1Nc1nc(NCc2cccnc2OCC(F)F)ncc1C#N.COC1(C)CC(Nc2nc(NCc3cnccc3C(F)(F)F)ncc2C(F)(F)F)C1(C)C.COC1CC(Nc2nc(NCc3cnccc3C(F)(F)F)ncc2C(F)(F)F)C1(C)C. The Kier molecular flexibility index (Phi) is 32.5. The van der Waals surface area contributed by atoms with Crippen molar-refractivity contribution < 1.29 is 90.3 Å². The van der Waals surface area contributed by atoms with E-state index in [1.807, 2.05) is 74.4 Å². The number of rotatable bonds is 26. The van der Waals surface area contributed by atoms with Crippen molar-refractivity contribution in [3.8, 4) is 18.0 Å².